The fourth-order valence-electron chi connectivity index (χ4n) is 2.19. The summed E-state index contributed by atoms with van der Waals surface area (Å²) in [6.45, 7) is 2.38. The van der Waals surface area contributed by atoms with E-state index in [-0.39, 0.29) is 11.4 Å². The van der Waals surface area contributed by atoms with Gasteiger partial charge in [-0.05, 0) is 18.6 Å². The van der Waals surface area contributed by atoms with Crippen molar-refractivity contribution in [2.75, 3.05) is 6.61 Å². The van der Waals surface area contributed by atoms with E-state index in [0.29, 0.717) is 17.6 Å². The molecule has 1 N–H and O–H groups in total. The normalized spacial score (nSPS) is 11.1. The second kappa shape index (κ2) is 5.40. The Hall–Kier alpha value is -2.63. The molecule has 0 radical (unpaired) electrons. The molecular formula is C15H15N3O3. The van der Waals surface area contributed by atoms with E-state index in [0.717, 1.165) is 18.2 Å². The summed E-state index contributed by atoms with van der Waals surface area (Å²) >= 11 is 0. The lowest BCUT2D eigenvalue weighted by Gasteiger charge is -1.99. The minimum absolute atomic E-state index is 0.146. The van der Waals surface area contributed by atoms with E-state index < -0.39 is 5.97 Å². The van der Waals surface area contributed by atoms with Crippen LogP contribution in [0.5, 0.6) is 0 Å². The number of nitrogens with one attached hydrogen (secondary N) is 1. The fraction of sp³-hybridized carbons (Fsp3) is 0.267. The molecule has 0 spiro atoms. The van der Waals surface area contributed by atoms with Crippen molar-refractivity contribution in [1.82, 2.24) is 14.6 Å². The van der Waals surface area contributed by atoms with Gasteiger partial charge in [-0.25, -0.2) is 9.59 Å². The Balaban J connectivity index is 2.07. The number of para-hydroxylation sites is 1. The number of hydrogen-bond acceptors (Lipinski definition) is 4. The van der Waals surface area contributed by atoms with Crippen LogP contribution in [0.15, 0.2) is 35.1 Å². The number of aromatic nitrogens is 3. The standard InChI is InChI=1S/C15H15N3O3/c1-2-3-8-21-14(19)12-9-13-10-6-4-5-7-11(10)16-15(20)18(13)17-12/h4-7,9H,2-3,8H2,1H3,(H,16,20). The summed E-state index contributed by atoms with van der Waals surface area (Å²) in [6, 6.07) is 8.97. The zero-order valence-corrected chi connectivity index (χ0v) is 11.6. The van der Waals surface area contributed by atoms with Gasteiger partial charge < -0.3 is 9.72 Å². The number of ether oxygens (including phenoxy) is 1. The molecule has 2 heterocycles. The third kappa shape index (κ3) is 2.40. The van der Waals surface area contributed by atoms with Gasteiger partial charge in [0.2, 0.25) is 0 Å². The third-order valence-corrected chi connectivity index (χ3v) is 3.29. The van der Waals surface area contributed by atoms with Crippen LogP contribution in [-0.4, -0.2) is 27.2 Å². The Morgan fingerprint density at radius 2 is 2.19 bits per heavy atom. The second-order valence-corrected chi connectivity index (χ2v) is 4.79. The molecule has 3 aromatic rings. The number of carbonyl (C=O) groups excluding carboxylic acids is 1. The van der Waals surface area contributed by atoms with Gasteiger partial charge >= 0.3 is 11.7 Å². The summed E-state index contributed by atoms with van der Waals surface area (Å²) in [7, 11) is 0. The first kappa shape index (κ1) is 13.4. The predicted molar refractivity (Wildman–Crippen MR) is 78.5 cm³/mol. The van der Waals surface area contributed by atoms with Crippen molar-refractivity contribution in [3.63, 3.8) is 0 Å². The molecule has 0 fully saturated rings. The summed E-state index contributed by atoms with van der Waals surface area (Å²) in [4.78, 5) is 26.6. The van der Waals surface area contributed by atoms with Crippen molar-refractivity contribution < 1.29 is 9.53 Å². The highest BCUT2D eigenvalue weighted by atomic mass is 16.5. The van der Waals surface area contributed by atoms with Crippen LogP contribution in [0.4, 0.5) is 0 Å². The van der Waals surface area contributed by atoms with Crippen LogP contribution >= 0.6 is 0 Å². The van der Waals surface area contributed by atoms with Crippen molar-refractivity contribution in [2.24, 2.45) is 0 Å². The van der Waals surface area contributed by atoms with Crippen LogP contribution < -0.4 is 5.69 Å². The lowest BCUT2D eigenvalue weighted by molar-refractivity contribution is 0.0492. The number of esters is 1. The van der Waals surface area contributed by atoms with Crippen LogP contribution in [0, 0.1) is 0 Å². The van der Waals surface area contributed by atoms with Crippen LogP contribution in [0.1, 0.15) is 30.3 Å². The largest absolute Gasteiger partial charge is 0.461 e. The van der Waals surface area contributed by atoms with Gasteiger partial charge in [0.1, 0.15) is 0 Å². The fourth-order valence-corrected chi connectivity index (χ4v) is 2.19. The molecule has 0 amide bonds. The van der Waals surface area contributed by atoms with Gasteiger partial charge in [0.25, 0.3) is 0 Å². The lowest BCUT2D eigenvalue weighted by atomic mass is 10.2. The highest BCUT2D eigenvalue weighted by Crippen LogP contribution is 2.17. The Morgan fingerprint density at radius 1 is 1.38 bits per heavy atom. The summed E-state index contributed by atoms with van der Waals surface area (Å²) in [5.41, 5.74) is 1.07. The quantitative estimate of drug-likeness (QED) is 0.588. The maximum Gasteiger partial charge on any atom is 0.358 e. The van der Waals surface area contributed by atoms with Gasteiger partial charge in [-0.3, -0.25) is 0 Å². The van der Waals surface area contributed by atoms with E-state index in [2.05, 4.69) is 10.1 Å². The van der Waals surface area contributed by atoms with E-state index >= 15 is 0 Å². The number of fused-ring (bicyclic) bond motifs is 3. The van der Waals surface area contributed by atoms with E-state index in [1.165, 1.54) is 4.52 Å². The van der Waals surface area contributed by atoms with Crippen molar-refractivity contribution in [2.45, 2.75) is 19.8 Å². The maximum absolute atomic E-state index is 12.0. The number of rotatable bonds is 4. The monoisotopic (exact) mass is 285 g/mol. The van der Waals surface area contributed by atoms with Crippen LogP contribution in [0.3, 0.4) is 0 Å². The average molecular weight is 285 g/mol. The third-order valence-electron chi connectivity index (χ3n) is 3.29. The van der Waals surface area contributed by atoms with Gasteiger partial charge in [-0.2, -0.15) is 9.61 Å². The Bertz CT molecular complexity index is 863. The summed E-state index contributed by atoms with van der Waals surface area (Å²) in [6.07, 6.45) is 1.76. The van der Waals surface area contributed by atoms with E-state index in [9.17, 15) is 9.59 Å². The first-order valence-corrected chi connectivity index (χ1v) is 6.88. The topological polar surface area (TPSA) is 76.5 Å². The van der Waals surface area contributed by atoms with Gasteiger partial charge in [0, 0.05) is 5.39 Å². The van der Waals surface area contributed by atoms with Gasteiger partial charge in [0.15, 0.2) is 5.69 Å². The van der Waals surface area contributed by atoms with Crippen LogP contribution in [-0.2, 0) is 4.74 Å². The molecule has 108 valence electrons. The van der Waals surface area contributed by atoms with Crippen molar-refractivity contribution >= 4 is 22.4 Å². The minimum Gasteiger partial charge on any atom is -0.461 e. The molecule has 1 aromatic carbocycles. The molecule has 6 nitrogen and oxygen atoms in total. The Kier molecular flexibility index (Phi) is 3.43. The molecule has 0 atom stereocenters. The zero-order chi connectivity index (χ0) is 14.8. The molecule has 0 aliphatic rings. The van der Waals surface area contributed by atoms with Gasteiger partial charge in [-0.15, -0.1) is 0 Å². The van der Waals surface area contributed by atoms with Crippen molar-refractivity contribution in [3.8, 4) is 0 Å². The molecule has 0 unspecified atom stereocenters. The molecule has 3 rings (SSSR count). The highest BCUT2D eigenvalue weighted by Gasteiger charge is 2.15. The second-order valence-electron chi connectivity index (χ2n) is 4.79. The number of unbranched alkanes of at least 4 members (excludes halogenated alkanes) is 1. The Labute approximate surface area is 120 Å². The molecular weight excluding hydrogens is 270 g/mol. The van der Waals surface area contributed by atoms with Crippen molar-refractivity contribution in [1.29, 1.82) is 0 Å². The lowest BCUT2D eigenvalue weighted by Crippen LogP contribution is -2.18. The zero-order valence-electron chi connectivity index (χ0n) is 11.6. The molecule has 0 aliphatic heterocycles. The first-order chi connectivity index (χ1) is 10.2. The summed E-state index contributed by atoms with van der Waals surface area (Å²) in [5, 5.41) is 4.87. The van der Waals surface area contributed by atoms with E-state index in [4.69, 9.17) is 4.74 Å². The SMILES string of the molecule is CCCCOC(=O)c1cc2c3ccccc3[nH]c(=O)n2n1. The molecule has 0 bridgehead atoms. The molecule has 6 heteroatoms. The molecule has 2 aromatic heterocycles. The number of hydrogen-bond donors (Lipinski definition) is 1. The van der Waals surface area contributed by atoms with E-state index in [1.54, 1.807) is 6.07 Å². The number of aromatic amines is 1. The summed E-state index contributed by atoms with van der Waals surface area (Å²) < 4.78 is 6.32. The van der Waals surface area contributed by atoms with Crippen molar-refractivity contribution in [3.05, 3.63) is 46.5 Å². The molecule has 0 saturated carbocycles. The molecule has 0 saturated heterocycles. The Morgan fingerprint density at radius 3 is 3.00 bits per heavy atom. The minimum atomic E-state index is -0.504. The number of H-pyrrole nitrogens is 1. The maximum atomic E-state index is 12.0. The predicted octanol–water partition coefficient (Wildman–Crippen LogP) is 2.13. The smallest absolute Gasteiger partial charge is 0.358 e. The highest BCUT2D eigenvalue weighted by molar-refractivity contribution is 5.97. The van der Waals surface area contributed by atoms with Gasteiger partial charge in [0.05, 0.1) is 17.6 Å². The number of nitrogens with zero attached hydrogens (tertiary/aromatic N) is 2. The van der Waals surface area contributed by atoms with E-state index in [1.807, 2.05) is 31.2 Å². The van der Waals surface area contributed by atoms with Crippen LogP contribution in [0.2, 0.25) is 0 Å². The summed E-state index contributed by atoms with van der Waals surface area (Å²) in [5.74, 6) is -0.504. The number of benzene rings is 1. The first-order valence-electron chi connectivity index (χ1n) is 6.88. The number of carbonyl (C=O) groups is 1. The molecule has 0 aliphatic carbocycles. The van der Waals surface area contributed by atoms with Crippen LogP contribution in [0.25, 0.3) is 16.4 Å². The molecule has 21 heavy (non-hydrogen) atoms. The van der Waals surface area contributed by atoms with Gasteiger partial charge in [-0.1, -0.05) is 31.5 Å². The average Bonchev–Trinajstić information content (AvgIpc) is 2.94.